The lowest BCUT2D eigenvalue weighted by molar-refractivity contribution is 0.327. The van der Waals surface area contributed by atoms with Gasteiger partial charge >= 0.3 is 0 Å². The fraction of sp³-hybridized carbons (Fsp3) is 0.286. The van der Waals surface area contributed by atoms with Crippen molar-refractivity contribution in [2.45, 2.75) is 19.8 Å². The van der Waals surface area contributed by atoms with Gasteiger partial charge in [0.05, 0.1) is 24.8 Å². The van der Waals surface area contributed by atoms with Crippen molar-refractivity contribution < 1.29 is 4.74 Å². The summed E-state index contributed by atoms with van der Waals surface area (Å²) in [5.74, 6) is 0.896. The van der Waals surface area contributed by atoms with E-state index in [2.05, 4.69) is 24.0 Å². The molecular weight excluding hydrogens is 244 g/mol. The molecule has 0 radical (unpaired) electrons. The molecule has 0 saturated heterocycles. The molecule has 0 N–H and O–H groups in total. The van der Waals surface area contributed by atoms with E-state index in [1.54, 1.807) is 11.3 Å². The summed E-state index contributed by atoms with van der Waals surface area (Å²) in [6.45, 7) is 2.74. The quantitative estimate of drug-likeness (QED) is 0.787. The highest BCUT2D eigenvalue weighted by Crippen LogP contribution is 2.37. The molecule has 3 nitrogen and oxygen atoms in total. The summed E-state index contributed by atoms with van der Waals surface area (Å²) in [7, 11) is 0. The van der Waals surface area contributed by atoms with Gasteiger partial charge in [-0.25, -0.2) is 4.98 Å². The topological polar surface area (TPSA) is 45.9 Å². The zero-order valence-corrected chi connectivity index (χ0v) is 10.9. The lowest BCUT2D eigenvalue weighted by Gasteiger charge is -2.07. The summed E-state index contributed by atoms with van der Waals surface area (Å²) in [6, 6.07) is 8.32. The second-order valence-electron chi connectivity index (χ2n) is 4.31. The minimum atomic E-state index is 0.389. The van der Waals surface area contributed by atoms with Crippen molar-refractivity contribution in [2.24, 2.45) is 0 Å². The number of nitrogens with zero attached hydrogens (tertiary/aromatic N) is 2. The van der Waals surface area contributed by atoms with E-state index in [1.165, 1.54) is 10.4 Å². The van der Waals surface area contributed by atoms with Crippen LogP contribution in [0.3, 0.4) is 0 Å². The maximum Gasteiger partial charge on any atom is 0.128 e. The number of aromatic nitrogens is 1. The van der Waals surface area contributed by atoms with E-state index in [9.17, 15) is 0 Å². The van der Waals surface area contributed by atoms with Crippen LogP contribution in [0.15, 0.2) is 18.2 Å². The van der Waals surface area contributed by atoms with Gasteiger partial charge in [0, 0.05) is 16.9 Å². The van der Waals surface area contributed by atoms with Crippen LogP contribution in [0.25, 0.3) is 11.3 Å². The molecule has 1 aliphatic rings. The Morgan fingerprint density at radius 3 is 3.22 bits per heavy atom. The molecule has 0 spiro atoms. The first-order chi connectivity index (χ1) is 8.78. The SMILES string of the molecule is Cc1ccc2c(c1)-c1nc(CC#N)sc1CCO2. The number of hydrogen-bond donors (Lipinski definition) is 0. The number of fused-ring (bicyclic) bond motifs is 3. The van der Waals surface area contributed by atoms with E-state index in [-0.39, 0.29) is 0 Å². The summed E-state index contributed by atoms with van der Waals surface area (Å²) in [5.41, 5.74) is 3.25. The Labute approximate surface area is 110 Å². The standard InChI is InChI=1S/C14H12N2OS/c1-9-2-3-11-10(8-9)14-12(5-7-17-11)18-13(16-14)4-6-15/h2-3,8H,4-5,7H2,1H3. The van der Waals surface area contributed by atoms with Gasteiger partial charge in [-0.1, -0.05) is 11.6 Å². The molecule has 1 aromatic heterocycles. The molecule has 4 heteroatoms. The maximum absolute atomic E-state index is 8.77. The minimum Gasteiger partial charge on any atom is -0.493 e. The normalized spacial score (nSPS) is 12.9. The van der Waals surface area contributed by atoms with Crippen LogP contribution in [0, 0.1) is 18.3 Å². The summed E-state index contributed by atoms with van der Waals surface area (Å²) in [4.78, 5) is 5.83. The van der Waals surface area contributed by atoms with Crippen LogP contribution in [0.5, 0.6) is 5.75 Å². The predicted molar refractivity (Wildman–Crippen MR) is 70.8 cm³/mol. The lowest BCUT2D eigenvalue weighted by atomic mass is 10.1. The van der Waals surface area contributed by atoms with Gasteiger partial charge in [0.25, 0.3) is 0 Å². The first kappa shape index (κ1) is 11.2. The zero-order chi connectivity index (χ0) is 12.5. The van der Waals surface area contributed by atoms with Crippen molar-refractivity contribution in [3.8, 4) is 23.1 Å². The molecule has 0 aliphatic carbocycles. The van der Waals surface area contributed by atoms with Gasteiger partial charge in [-0.2, -0.15) is 5.26 Å². The van der Waals surface area contributed by atoms with Crippen LogP contribution in [-0.2, 0) is 12.8 Å². The smallest absolute Gasteiger partial charge is 0.128 e. The van der Waals surface area contributed by atoms with E-state index < -0.39 is 0 Å². The fourth-order valence-electron chi connectivity index (χ4n) is 2.13. The third-order valence-electron chi connectivity index (χ3n) is 2.95. The highest BCUT2D eigenvalue weighted by Gasteiger charge is 2.20. The summed E-state index contributed by atoms with van der Waals surface area (Å²) in [6.07, 6.45) is 1.26. The predicted octanol–water partition coefficient (Wildman–Crippen LogP) is 3.12. The van der Waals surface area contributed by atoms with Gasteiger partial charge in [0.15, 0.2) is 0 Å². The minimum absolute atomic E-state index is 0.389. The molecular formula is C14H12N2OS. The number of hydrogen-bond acceptors (Lipinski definition) is 4. The van der Waals surface area contributed by atoms with E-state index in [1.807, 2.05) is 12.1 Å². The number of aryl methyl sites for hydroxylation is 1. The van der Waals surface area contributed by atoms with Crippen molar-refractivity contribution in [2.75, 3.05) is 6.61 Å². The molecule has 0 fully saturated rings. The number of ether oxygens (including phenoxy) is 1. The van der Waals surface area contributed by atoms with E-state index in [0.29, 0.717) is 13.0 Å². The molecule has 0 saturated carbocycles. The molecule has 90 valence electrons. The third-order valence-corrected chi connectivity index (χ3v) is 4.06. The maximum atomic E-state index is 8.77. The zero-order valence-electron chi connectivity index (χ0n) is 10.1. The molecule has 1 aliphatic heterocycles. The van der Waals surface area contributed by atoms with Crippen LogP contribution in [0.4, 0.5) is 0 Å². The van der Waals surface area contributed by atoms with Gasteiger partial charge in [0.1, 0.15) is 10.8 Å². The number of benzene rings is 1. The summed E-state index contributed by atoms with van der Waals surface area (Å²) in [5, 5.41) is 9.67. The number of thiazole rings is 1. The Balaban J connectivity index is 2.17. The van der Waals surface area contributed by atoms with Gasteiger partial charge in [-0.15, -0.1) is 11.3 Å². The van der Waals surface area contributed by atoms with Crippen LogP contribution >= 0.6 is 11.3 Å². The average Bonchev–Trinajstić information content (AvgIpc) is 2.67. The van der Waals surface area contributed by atoms with E-state index in [4.69, 9.17) is 10.00 Å². The van der Waals surface area contributed by atoms with E-state index in [0.717, 1.165) is 28.4 Å². The second-order valence-corrected chi connectivity index (χ2v) is 5.48. The largest absolute Gasteiger partial charge is 0.493 e. The average molecular weight is 256 g/mol. The molecule has 2 aromatic rings. The number of rotatable bonds is 1. The molecule has 2 heterocycles. The highest BCUT2D eigenvalue weighted by atomic mass is 32.1. The molecule has 18 heavy (non-hydrogen) atoms. The Morgan fingerprint density at radius 1 is 1.50 bits per heavy atom. The molecule has 0 unspecified atom stereocenters. The highest BCUT2D eigenvalue weighted by molar-refractivity contribution is 7.12. The Bertz CT molecular complexity index is 640. The molecule has 1 aromatic carbocycles. The van der Waals surface area contributed by atoms with Crippen LogP contribution in [-0.4, -0.2) is 11.6 Å². The monoisotopic (exact) mass is 256 g/mol. The van der Waals surface area contributed by atoms with Gasteiger partial charge in [0.2, 0.25) is 0 Å². The van der Waals surface area contributed by atoms with E-state index >= 15 is 0 Å². The van der Waals surface area contributed by atoms with Crippen molar-refractivity contribution in [1.29, 1.82) is 5.26 Å². The Hall–Kier alpha value is -1.86. The Morgan fingerprint density at radius 2 is 2.39 bits per heavy atom. The van der Waals surface area contributed by atoms with Crippen LogP contribution < -0.4 is 4.74 Å². The summed E-state index contributed by atoms with van der Waals surface area (Å²) >= 11 is 1.63. The lowest BCUT2D eigenvalue weighted by Crippen LogP contribution is -1.97. The van der Waals surface area contributed by atoms with Gasteiger partial charge in [-0.3, -0.25) is 0 Å². The van der Waals surface area contributed by atoms with Crippen LogP contribution in [0.2, 0.25) is 0 Å². The third kappa shape index (κ3) is 1.87. The second kappa shape index (κ2) is 4.43. The van der Waals surface area contributed by atoms with Crippen molar-refractivity contribution in [3.63, 3.8) is 0 Å². The van der Waals surface area contributed by atoms with Gasteiger partial charge in [-0.05, 0) is 19.1 Å². The number of nitriles is 1. The summed E-state index contributed by atoms with van der Waals surface area (Å²) < 4.78 is 5.75. The van der Waals surface area contributed by atoms with Crippen molar-refractivity contribution in [3.05, 3.63) is 33.6 Å². The molecule has 3 rings (SSSR count). The van der Waals surface area contributed by atoms with Gasteiger partial charge < -0.3 is 4.74 Å². The van der Waals surface area contributed by atoms with Crippen molar-refractivity contribution in [1.82, 2.24) is 4.98 Å². The first-order valence-corrected chi connectivity index (χ1v) is 6.69. The first-order valence-electron chi connectivity index (χ1n) is 5.87. The Kier molecular flexibility index (Phi) is 2.77. The molecule has 0 amide bonds. The molecule has 0 bridgehead atoms. The van der Waals surface area contributed by atoms with Crippen molar-refractivity contribution >= 4 is 11.3 Å². The molecule has 0 atom stereocenters. The van der Waals surface area contributed by atoms with Crippen LogP contribution in [0.1, 0.15) is 15.4 Å². The fourth-order valence-corrected chi connectivity index (χ4v) is 3.13.